The molecule has 0 amide bonds. The standard InChI is InChI=1S/C13H11Cl2NO4S2/c1-21(17,18)10-5-2-4-9(8-10)16-22(19,20)12-7-3-6-11(14)13(12)15/h2-8,16H,1H3. The number of hydrogen-bond acceptors (Lipinski definition) is 4. The molecule has 2 rings (SSSR count). The molecule has 0 radical (unpaired) electrons. The van der Waals surface area contributed by atoms with Gasteiger partial charge in [-0.3, -0.25) is 4.72 Å². The third kappa shape index (κ3) is 3.73. The van der Waals surface area contributed by atoms with E-state index in [1.807, 2.05) is 0 Å². The second-order valence-corrected chi connectivity index (χ2v) is 8.91. The molecule has 0 heterocycles. The molecule has 0 atom stereocenters. The van der Waals surface area contributed by atoms with Gasteiger partial charge in [0.25, 0.3) is 10.0 Å². The summed E-state index contributed by atoms with van der Waals surface area (Å²) in [6.07, 6.45) is 1.04. The largest absolute Gasteiger partial charge is 0.280 e. The Kier molecular flexibility index (Phi) is 4.72. The maximum atomic E-state index is 12.3. The summed E-state index contributed by atoms with van der Waals surface area (Å²) in [5.41, 5.74) is 0.110. The average molecular weight is 380 g/mol. The maximum Gasteiger partial charge on any atom is 0.263 e. The fourth-order valence-electron chi connectivity index (χ4n) is 1.69. The van der Waals surface area contributed by atoms with Gasteiger partial charge >= 0.3 is 0 Å². The Balaban J connectivity index is 2.44. The molecular weight excluding hydrogens is 369 g/mol. The highest BCUT2D eigenvalue weighted by Gasteiger charge is 2.20. The van der Waals surface area contributed by atoms with Crippen molar-refractivity contribution >= 4 is 48.7 Å². The van der Waals surface area contributed by atoms with Crippen LogP contribution in [0.3, 0.4) is 0 Å². The molecule has 0 bridgehead atoms. The second-order valence-electron chi connectivity index (χ2n) is 4.46. The first-order valence-electron chi connectivity index (χ1n) is 5.88. The number of halogens is 2. The van der Waals surface area contributed by atoms with Crippen molar-refractivity contribution in [2.45, 2.75) is 9.79 Å². The quantitative estimate of drug-likeness (QED) is 0.884. The van der Waals surface area contributed by atoms with Crippen LogP contribution in [-0.2, 0) is 19.9 Å². The Labute approximate surface area is 138 Å². The Bertz CT molecular complexity index is 925. The molecule has 0 saturated carbocycles. The Morgan fingerprint density at radius 3 is 2.23 bits per heavy atom. The van der Waals surface area contributed by atoms with Gasteiger partial charge in [0, 0.05) is 6.26 Å². The lowest BCUT2D eigenvalue weighted by atomic mass is 10.3. The fraction of sp³-hybridized carbons (Fsp3) is 0.0769. The van der Waals surface area contributed by atoms with E-state index in [4.69, 9.17) is 23.2 Å². The molecule has 0 aliphatic heterocycles. The van der Waals surface area contributed by atoms with Gasteiger partial charge in [-0.15, -0.1) is 0 Å². The first-order valence-corrected chi connectivity index (χ1v) is 10.0. The maximum absolute atomic E-state index is 12.3. The number of anilines is 1. The lowest BCUT2D eigenvalue weighted by Crippen LogP contribution is -2.14. The summed E-state index contributed by atoms with van der Waals surface area (Å²) in [5.74, 6) is 0. The van der Waals surface area contributed by atoms with Crippen molar-refractivity contribution in [1.29, 1.82) is 0 Å². The number of nitrogens with one attached hydrogen (secondary N) is 1. The summed E-state index contributed by atoms with van der Waals surface area (Å²) < 4.78 is 50.0. The van der Waals surface area contributed by atoms with Gasteiger partial charge in [0.05, 0.1) is 20.6 Å². The van der Waals surface area contributed by atoms with Crippen LogP contribution in [0.4, 0.5) is 5.69 Å². The van der Waals surface area contributed by atoms with Gasteiger partial charge in [0.1, 0.15) is 4.90 Å². The number of sulfonamides is 1. The minimum Gasteiger partial charge on any atom is -0.280 e. The van der Waals surface area contributed by atoms with Crippen molar-refractivity contribution in [3.05, 3.63) is 52.5 Å². The molecule has 118 valence electrons. The summed E-state index contributed by atoms with van der Waals surface area (Å²) in [5, 5.41) is 0.00497. The highest BCUT2D eigenvalue weighted by molar-refractivity contribution is 7.93. The van der Waals surface area contributed by atoms with Crippen LogP contribution in [0, 0.1) is 0 Å². The van der Waals surface area contributed by atoms with Gasteiger partial charge in [-0.2, -0.15) is 0 Å². The van der Waals surface area contributed by atoms with Gasteiger partial charge in [0.15, 0.2) is 9.84 Å². The Morgan fingerprint density at radius 1 is 0.955 bits per heavy atom. The highest BCUT2D eigenvalue weighted by Crippen LogP contribution is 2.30. The zero-order valence-electron chi connectivity index (χ0n) is 11.2. The monoisotopic (exact) mass is 379 g/mol. The zero-order valence-corrected chi connectivity index (χ0v) is 14.4. The molecule has 0 saturated heterocycles. The van der Waals surface area contributed by atoms with Crippen LogP contribution in [0.15, 0.2) is 52.3 Å². The smallest absolute Gasteiger partial charge is 0.263 e. The van der Waals surface area contributed by atoms with Gasteiger partial charge < -0.3 is 0 Å². The van der Waals surface area contributed by atoms with Crippen molar-refractivity contribution in [3.8, 4) is 0 Å². The minimum absolute atomic E-state index is 0.00453. The number of sulfone groups is 1. The molecule has 0 spiro atoms. The SMILES string of the molecule is CS(=O)(=O)c1cccc(NS(=O)(=O)c2cccc(Cl)c2Cl)c1. The molecule has 1 N–H and O–H groups in total. The van der Waals surface area contributed by atoms with E-state index < -0.39 is 19.9 Å². The van der Waals surface area contributed by atoms with Gasteiger partial charge in [0.2, 0.25) is 0 Å². The van der Waals surface area contributed by atoms with E-state index in [0.717, 1.165) is 6.26 Å². The van der Waals surface area contributed by atoms with Crippen LogP contribution in [0.2, 0.25) is 10.0 Å². The lowest BCUT2D eigenvalue weighted by Gasteiger charge is -2.11. The summed E-state index contributed by atoms with van der Waals surface area (Å²) in [6.45, 7) is 0. The lowest BCUT2D eigenvalue weighted by molar-refractivity contribution is 0.599. The predicted octanol–water partition coefficient (Wildman–Crippen LogP) is 3.20. The highest BCUT2D eigenvalue weighted by atomic mass is 35.5. The first-order chi connectivity index (χ1) is 10.1. The number of rotatable bonds is 4. The van der Waals surface area contributed by atoms with E-state index in [9.17, 15) is 16.8 Å². The van der Waals surface area contributed by atoms with Gasteiger partial charge in [-0.1, -0.05) is 35.3 Å². The molecule has 5 nitrogen and oxygen atoms in total. The van der Waals surface area contributed by atoms with Crippen LogP contribution in [0.25, 0.3) is 0 Å². The topological polar surface area (TPSA) is 80.3 Å². The van der Waals surface area contributed by atoms with E-state index >= 15 is 0 Å². The molecule has 0 aromatic heterocycles. The number of benzene rings is 2. The molecule has 0 fully saturated rings. The van der Waals surface area contributed by atoms with Crippen LogP contribution in [0.5, 0.6) is 0 Å². The minimum atomic E-state index is -3.99. The molecule has 9 heteroatoms. The van der Waals surface area contributed by atoms with Crippen LogP contribution < -0.4 is 4.72 Å². The van der Waals surface area contributed by atoms with Crippen molar-refractivity contribution in [1.82, 2.24) is 0 Å². The summed E-state index contributed by atoms with van der Waals surface area (Å²) in [4.78, 5) is -0.184. The summed E-state index contributed by atoms with van der Waals surface area (Å²) in [7, 11) is -7.43. The van der Waals surface area contributed by atoms with Crippen LogP contribution in [0.1, 0.15) is 0 Å². The van der Waals surface area contributed by atoms with E-state index in [2.05, 4.69) is 4.72 Å². The fourth-order valence-corrected chi connectivity index (χ4v) is 4.17. The van der Waals surface area contributed by atoms with Crippen LogP contribution >= 0.6 is 23.2 Å². The van der Waals surface area contributed by atoms with Crippen molar-refractivity contribution in [3.63, 3.8) is 0 Å². The van der Waals surface area contributed by atoms with Crippen molar-refractivity contribution in [2.24, 2.45) is 0 Å². The van der Waals surface area contributed by atoms with Crippen molar-refractivity contribution in [2.75, 3.05) is 11.0 Å². The first kappa shape index (κ1) is 17.1. The van der Waals surface area contributed by atoms with E-state index in [0.29, 0.717) is 0 Å². The molecule has 0 aliphatic carbocycles. The van der Waals surface area contributed by atoms with Gasteiger partial charge in [-0.25, -0.2) is 16.8 Å². The zero-order chi connectivity index (χ0) is 16.5. The molecule has 2 aromatic rings. The molecular formula is C13H11Cl2NO4S2. The van der Waals surface area contributed by atoms with E-state index in [-0.39, 0.29) is 25.5 Å². The summed E-state index contributed by atoms with van der Waals surface area (Å²) in [6, 6.07) is 9.70. The number of hydrogen-bond donors (Lipinski definition) is 1. The molecule has 2 aromatic carbocycles. The van der Waals surface area contributed by atoms with Gasteiger partial charge in [-0.05, 0) is 30.3 Å². The Hall–Kier alpha value is -1.28. The van der Waals surface area contributed by atoms with E-state index in [1.165, 1.54) is 42.5 Å². The third-order valence-electron chi connectivity index (χ3n) is 2.72. The Morgan fingerprint density at radius 2 is 1.59 bits per heavy atom. The van der Waals surface area contributed by atoms with Crippen LogP contribution in [-0.4, -0.2) is 23.1 Å². The second kappa shape index (κ2) is 6.08. The molecule has 22 heavy (non-hydrogen) atoms. The predicted molar refractivity (Wildman–Crippen MR) is 86.8 cm³/mol. The molecule has 0 aliphatic rings. The van der Waals surface area contributed by atoms with Crippen molar-refractivity contribution < 1.29 is 16.8 Å². The normalized spacial score (nSPS) is 12.1. The average Bonchev–Trinajstić information content (AvgIpc) is 2.40. The van der Waals surface area contributed by atoms with E-state index in [1.54, 1.807) is 0 Å². The summed E-state index contributed by atoms with van der Waals surface area (Å²) >= 11 is 11.7. The third-order valence-corrected chi connectivity index (χ3v) is 6.18. The molecule has 0 unspecified atom stereocenters.